The lowest BCUT2D eigenvalue weighted by atomic mass is 10.2. The van der Waals surface area contributed by atoms with Crippen molar-refractivity contribution in [2.45, 2.75) is 6.42 Å². The van der Waals surface area contributed by atoms with Gasteiger partial charge in [0.1, 0.15) is 10.1 Å². The van der Waals surface area contributed by atoms with Crippen molar-refractivity contribution in [2.24, 2.45) is 0 Å². The van der Waals surface area contributed by atoms with E-state index in [1.807, 2.05) is 0 Å². The van der Waals surface area contributed by atoms with E-state index >= 15 is 0 Å². The third kappa shape index (κ3) is 3.50. The minimum atomic E-state index is -1.59. The molecule has 0 saturated carbocycles. The Balaban J connectivity index is 4.49. The van der Waals surface area contributed by atoms with Crippen LogP contribution in [0.2, 0.25) is 0 Å². The Labute approximate surface area is 77.8 Å². The van der Waals surface area contributed by atoms with Crippen molar-refractivity contribution in [1.29, 1.82) is 0 Å². The number of halogens is 2. The maximum absolute atomic E-state index is 10.7. The van der Waals surface area contributed by atoms with Gasteiger partial charge >= 0.3 is 0 Å². The molecule has 0 aromatic carbocycles. The van der Waals surface area contributed by atoms with Gasteiger partial charge in [-0.25, -0.2) is 0 Å². The summed E-state index contributed by atoms with van der Waals surface area (Å²) in [5.41, 5.74) is 0. The molecule has 1 radical (unpaired) electrons. The van der Waals surface area contributed by atoms with Crippen LogP contribution in [0, 0.1) is 0 Å². The average Bonchev–Trinajstić information content (AvgIpc) is 2.00. The van der Waals surface area contributed by atoms with Gasteiger partial charge in [-0.05, 0) is 0 Å². The number of carboxylic acids is 1. The third-order valence-corrected chi connectivity index (χ3v) is 1.59. The first kappa shape index (κ1) is 11.1. The highest BCUT2D eigenvalue weighted by Gasteiger charge is 2.11. The molecule has 0 unspecified atom stereocenters. The van der Waals surface area contributed by atoms with Crippen LogP contribution in [0.1, 0.15) is 6.42 Å². The molecule has 12 heavy (non-hydrogen) atoms. The number of carbonyl (C=O) groups is 2. The molecule has 0 aliphatic rings. The Kier molecular flexibility index (Phi) is 4.54. The summed E-state index contributed by atoms with van der Waals surface area (Å²) in [4.78, 5) is 30.4. The second kappa shape index (κ2) is 4.90. The van der Waals surface area contributed by atoms with E-state index in [2.05, 4.69) is 0 Å². The minimum Gasteiger partial charge on any atom is -0.550 e. The maximum atomic E-state index is 10.7. The third-order valence-electron chi connectivity index (χ3n) is 0.832. The van der Waals surface area contributed by atoms with Crippen molar-refractivity contribution in [3.05, 3.63) is 10.1 Å². The molecule has 0 aliphatic carbocycles. The highest BCUT2D eigenvalue weighted by molar-refractivity contribution is 6.52. The Morgan fingerprint density at radius 3 is 2.17 bits per heavy atom. The summed E-state index contributed by atoms with van der Waals surface area (Å²) < 4.78 is 0. The molecule has 0 spiro atoms. The summed E-state index contributed by atoms with van der Waals surface area (Å²) in [6, 6.07) is 0. The second-order valence-corrected chi connectivity index (χ2v) is 2.46. The highest BCUT2D eigenvalue weighted by atomic mass is 35.5. The van der Waals surface area contributed by atoms with Gasteiger partial charge in [0.15, 0.2) is 5.78 Å². The van der Waals surface area contributed by atoms with Crippen LogP contribution >= 0.6 is 23.2 Å². The van der Waals surface area contributed by atoms with Crippen molar-refractivity contribution >= 4 is 41.2 Å². The number of allylic oxidation sites excluding steroid dienone is 2. The summed E-state index contributed by atoms with van der Waals surface area (Å²) >= 11 is 10.3. The Morgan fingerprint density at radius 1 is 1.33 bits per heavy atom. The van der Waals surface area contributed by atoms with Crippen molar-refractivity contribution < 1.29 is 19.5 Å². The Morgan fingerprint density at radius 2 is 1.83 bits per heavy atom. The molecule has 65 valence electrons. The van der Waals surface area contributed by atoms with E-state index in [9.17, 15) is 19.5 Å². The van der Waals surface area contributed by atoms with Crippen molar-refractivity contribution in [3.8, 4) is 0 Å². The van der Waals surface area contributed by atoms with Gasteiger partial charge in [-0.2, -0.15) is 0 Å². The topological polar surface area (TPSA) is 74.3 Å². The predicted octanol–water partition coefficient (Wildman–Crippen LogP) is -0.506. The second-order valence-electron chi connectivity index (χ2n) is 1.70. The van der Waals surface area contributed by atoms with Gasteiger partial charge in [-0.1, -0.05) is 23.2 Å². The number of rotatable bonds is 4. The molecule has 0 saturated heterocycles. The number of Topliss-reactive ketones (excluding diaryl/α,β-unsaturated/α-hetero) is 1. The first-order chi connectivity index (χ1) is 5.49. The smallest absolute Gasteiger partial charge is 0.247 e. The zero-order chi connectivity index (χ0) is 9.72. The first-order valence-corrected chi connectivity index (χ1v) is 3.41. The molecule has 0 amide bonds. The highest BCUT2D eigenvalue weighted by Crippen LogP contribution is 2.13. The molecule has 0 bridgehead atoms. The van der Waals surface area contributed by atoms with Gasteiger partial charge in [0.2, 0.25) is 6.29 Å². The normalized spacial score (nSPS) is 11.8. The van der Waals surface area contributed by atoms with Crippen LogP contribution in [0.4, 0.5) is 0 Å². The Bertz CT molecular complexity index is 256. The van der Waals surface area contributed by atoms with E-state index in [-0.39, 0.29) is 0 Å². The average molecular weight is 209 g/mol. The van der Waals surface area contributed by atoms with Crippen LogP contribution in [0.25, 0.3) is 0 Å². The lowest BCUT2D eigenvalue weighted by Gasteiger charge is -1.99. The van der Waals surface area contributed by atoms with Gasteiger partial charge in [-0.15, -0.1) is 0 Å². The van der Waals surface area contributed by atoms with Gasteiger partial charge in [0, 0.05) is 5.97 Å². The zero-order valence-electron chi connectivity index (χ0n) is 5.60. The summed E-state index contributed by atoms with van der Waals surface area (Å²) in [6.07, 6.45) is 0.242. The molecule has 0 fully saturated rings. The maximum Gasteiger partial charge on any atom is 0.247 e. The van der Waals surface area contributed by atoms with E-state index < -0.39 is 28.2 Å². The molecule has 0 aromatic rings. The molecule has 0 aliphatic heterocycles. The number of ketones is 1. The van der Waals surface area contributed by atoms with Crippen LogP contribution in [0.3, 0.4) is 0 Å². The van der Waals surface area contributed by atoms with E-state index in [0.29, 0.717) is 0 Å². The van der Waals surface area contributed by atoms with Crippen LogP contribution < -0.4 is 5.11 Å². The quantitative estimate of drug-likeness (QED) is 0.461. The monoisotopic (exact) mass is 208 g/mol. The lowest BCUT2D eigenvalue weighted by Crippen LogP contribution is -2.25. The minimum absolute atomic E-state index is 0.636. The summed E-state index contributed by atoms with van der Waals surface area (Å²) in [5.74, 6) is -2.57. The molecule has 0 atom stereocenters. The number of carbonyl (C=O) groups excluding carboxylic acids is 3. The fourth-order valence-corrected chi connectivity index (χ4v) is 0.587. The molecule has 4 nitrogen and oxygen atoms in total. The summed E-state index contributed by atoms with van der Waals surface area (Å²) in [7, 11) is 0. The van der Waals surface area contributed by atoms with Gasteiger partial charge in [0.05, 0.1) is 6.42 Å². The van der Waals surface area contributed by atoms with Gasteiger partial charge in [-0.3, -0.25) is 9.59 Å². The van der Waals surface area contributed by atoms with Gasteiger partial charge in [0.25, 0.3) is 0 Å². The standard InChI is InChI=1S/C6H3Cl2O4/c7-3(2-9)6(8)4(10)1-5(11)12/h1H2,(H,11,12)/p-1/b6-3-. The Hall–Kier alpha value is -0.870. The van der Waals surface area contributed by atoms with E-state index in [1.54, 1.807) is 0 Å². The van der Waals surface area contributed by atoms with Crippen molar-refractivity contribution in [2.75, 3.05) is 0 Å². The molecule has 0 aromatic heterocycles. The fourth-order valence-electron chi connectivity index (χ4n) is 0.376. The molecular formula is C6H2Cl2O4-. The van der Waals surface area contributed by atoms with Crippen LogP contribution in [0.5, 0.6) is 0 Å². The summed E-state index contributed by atoms with van der Waals surface area (Å²) in [6.45, 7) is 0. The molecule has 0 rings (SSSR count). The largest absolute Gasteiger partial charge is 0.550 e. The number of hydrogen-bond acceptors (Lipinski definition) is 4. The molecule has 6 heteroatoms. The van der Waals surface area contributed by atoms with E-state index in [1.165, 1.54) is 0 Å². The predicted molar refractivity (Wildman–Crippen MR) is 39.1 cm³/mol. The lowest BCUT2D eigenvalue weighted by molar-refractivity contribution is -0.304. The van der Waals surface area contributed by atoms with Crippen LogP contribution in [0.15, 0.2) is 10.1 Å². The molecule has 0 heterocycles. The van der Waals surface area contributed by atoms with Crippen LogP contribution in [-0.2, 0) is 14.4 Å². The van der Waals surface area contributed by atoms with E-state index in [0.717, 1.165) is 6.29 Å². The number of aliphatic carboxylic acids is 1. The first-order valence-electron chi connectivity index (χ1n) is 2.65. The van der Waals surface area contributed by atoms with E-state index in [4.69, 9.17) is 23.2 Å². The van der Waals surface area contributed by atoms with Crippen LogP contribution in [-0.4, -0.2) is 18.0 Å². The SMILES string of the molecule is O=[C]/C(Cl)=C(/Cl)C(=O)CC(=O)[O-]. The summed E-state index contributed by atoms with van der Waals surface area (Å²) in [5, 5.41) is 8.59. The fraction of sp³-hybridized carbons (Fsp3) is 0.167. The molecular weight excluding hydrogens is 207 g/mol. The van der Waals surface area contributed by atoms with Crippen molar-refractivity contribution in [1.82, 2.24) is 0 Å². The molecule has 0 N–H and O–H groups in total. The van der Waals surface area contributed by atoms with Gasteiger partial charge < -0.3 is 9.90 Å². The zero-order valence-corrected chi connectivity index (χ0v) is 7.11. The number of carboxylic acid groups (broad SMARTS) is 1. The number of hydrogen-bond donors (Lipinski definition) is 0. The van der Waals surface area contributed by atoms with Crippen molar-refractivity contribution in [3.63, 3.8) is 0 Å².